The number of nitriles is 1. The van der Waals surface area contributed by atoms with E-state index in [1.165, 1.54) is 0 Å². The molecule has 0 spiro atoms. The molecule has 0 atom stereocenters. The summed E-state index contributed by atoms with van der Waals surface area (Å²) in [5.74, 6) is 0.665. The third-order valence-electron chi connectivity index (χ3n) is 4.59. The van der Waals surface area contributed by atoms with Crippen molar-refractivity contribution in [1.29, 1.82) is 5.26 Å². The predicted molar refractivity (Wildman–Crippen MR) is 99.1 cm³/mol. The second-order valence-corrected chi connectivity index (χ2v) is 6.08. The molecule has 5 heteroatoms. The molecule has 4 rings (SSSR count). The number of aromatic nitrogens is 2. The van der Waals surface area contributed by atoms with Crippen LogP contribution in [-0.2, 0) is 6.54 Å². The minimum Gasteiger partial charge on any atom is -0.497 e. The average molecular weight is 331 g/mol. The first-order valence-corrected chi connectivity index (χ1v) is 8.24. The SMILES string of the molecule is CCCn1c2ccc(OC)cc2c(=O)c2c3ccc(C#N)cc3[nH]c21. The fourth-order valence-corrected chi connectivity index (χ4v) is 3.46. The number of H-pyrrole nitrogens is 1. The summed E-state index contributed by atoms with van der Waals surface area (Å²) < 4.78 is 7.43. The molecule has 0 amide bonds. The predicted octanol–water partition coefficient (Wildman–Crippen LogP) is 3.93. The number of ether oxygens (including phenoxy) is 1. The highest BCUT2D eigenvalue weighted by Gasteiger charge is 2.16. The first-order chi connectivity index (χ1) is 12.2. The van der Waals surface area contributed by atoms with E-state index in [0.29, 0.717) is 22.1 Å². The number of nitrogens with one attached hydrogen (secondary N) is 1. The second kappa shape index (κ2) is 5.67. The molecule has 1 N–H and O–H groups in total. The molecule has 4 aromatic rings. The lowest BCUT2D eigenvalue weighted by Crippen LogP contribution is -2.11. The number of aromatic amines is 1. The Morgan fingerprint density at radius 3 is 2.76 bits per heavy atom. The van der Waals surface area contributed by atoms with Crippen LogP contribution in [0.25, 0.3) is 32.8 Å². The molecule has 5 nitrogen and oxygen atoms in total. The van der Waals surface area contributed by atoms with Crippen LogP contribution in [0.1, 0.15) is 18.9 Å². The number of rotatable bonds is 3. The van der Waals surface area contributed by atoms with Crippen LogP contribution in [0.5, 0.6) is 5.75 Å². The fraction of sp³-hybridized carbons (Fsp3) is 0.200. The number of pyridine rings is 1. The van der Waals surface area contributed by atoms with Crippen molar-refractivity contribution >= 4 is 32.8 Å². The lowest BCUT2D eigenvalue weighted by Gasteiger charge is -2.12. The van der Waals surface area contributed by atoms with Crippen molar-refractivity contribution in [3.63, 3.8) is 0 Å². The van der Waals surface area contributed by atoms with Crippen LogP contribution in [0.3, 0.4) is 0 Å². The highest BCUT2D eigenvalue weighted by Crippen LogP contribution is 2.28. The fourth-order valence-electron chi connectivity index (χ4n) is 3.46. The van der Waals surface area contributed by atoms with Gasteiger partial charge in [0.15, 0.2) is 5.43 Å². The van der Waals surface area contributed by atoms with Crippen molar-refractivity contribution in [3.05, 3.63) is 52.2 Å². The summed E-state index contributed by atoms with van der Waals surface area (Å²) in [4.78, 5) is 16.5. The lowest BCUT2D eigenvalue weighted by atomic mass is 10.1. The van der Waals surface area contributed by atoms with E-state index in [2.05, 4.69) is 22.5 Å². The highest BCUT2D eigenvalue weighted by atomic mass is 16.5. The van der Waals surface area contributed by atoms with Crippen molar-refractivity contribution < 1.29 is 4.74 Å². The zero-order chi connectivity index (χ0) is 17.6. The topological polar surface area (TPSA) is 70.8 Å². The molecule has 0 saturated carbocycles. The number of aryl methyl sites for hydroxylation is 1. The van der Waals surface area contributed by atoms with Gasteiger partial charge in [-0.2, -0.15) is 5.26 Å². The van der Waals surface area contributed by atoms with Gasteiger partial charge in [-0.25, -0.2) is 0 Å². The van der Waals surface area contributed by atoms with E-state index in [1.54, 1.807) is 25.3 Å². The van der Waals surface area contributed by atoms with Crippen LogP contribution in [0.4, 0.5) is 0 Å². The largest absolute Gasteiger partial charge is 0.497 e. The first kappa shape index (κ1) is 15.3. The van der Waals surface area contributed by atoms with Crippen LogP contribution in [0.2, 0.25) is 0 Å². The quantitative estimate of drug-likeness (QED) is 0.618. The normalized spacial score (nSPS) is 11.2. The van der Waals surface area contributed by atoms with Gasteiger partial charge in [0.1, 0.15) is 11.4 Å². The van der Waals surface area contributed by atoms with E-state index in [4.69, 9.17) is 10.00 Å². The third-order valence-corrected chi connectivity index (χ3v) is 4.59. The van der Waals surface area contributed by atoms with E-state index < -0.39 is 0 Å². The van der Waals surface area contributed by atoms with E-state index in [9.17, 15) is 4.79 Å². The molecule has 0 radical (unpaired) electrons. The molecule has 2 aromatic heterocycles. The molecular weight excluding hydrogens is 314 g/mol. The molecule has 0 fully saturated rings. The molecule has 2 heterocycles. The number of nitrogens with zero attached hydrogens (tertiary/aromatic N) is 2. The summed E-state index contributed by atoms with van der Waals surface area (Å²) in [7, 11) is 1.60. The number of fused-ring (bicyclic) bond motifs is 4. The van der Waals surface area contributed by atoms with Crippen LogP contribution >= 0.6 is 0 Å². The second-order valence-electron chi connectivity index (χ2n) is 6.08. The van der Waals surface area contributed by atoms with Gasteiger partial charge in [0.2, 0.25) is 0 Å². The van der Waals surface area contributed by atoms with Gasteiger partial charge in [-0.05, 0) is 36.8 Å². The Hall–Kier alpha value is -3.26. The number of hydrogen-bond acceptors (Lipinski definition) is 3. The summed E-state index contributed by atoms with van der Waals surface area (Å²) >= 11 is 0. The van der Waals surface area contributed by atoms with E-state index in [1.807, 2.05) is 18.2 Å². The van der Waals surface area contributed by atoms with Crippen molar-refractivity contribution in [2.75, 3.05) is 7.11 Å². The van der Waals surface area contributed by atoms with Gasteiger partial charge in [-0.3, -0.25) is 4.79 Å². The summed E-state index contributed by atoms with van der Waals surface area (Å²) in [6.07, 6.45) is 0.942. The van der Waals surface area contributed by atoms with Gasteiger partial charge in [-0.15, -0.1) is 0 Å². The maximum absolute atomic E-state index is 13.2. The van der Waals surface area contributed by atoms with Gasteiger partial charge in [0.25, 0.3) is 0 Å². The maximum Gasteiger partial charge on any atom is 0.199 e. The lowest BCUT2D eigenvalue weighted by molar-refractivity contribution is 0.415. The van der Waals surface area contributed by atoms with Crippen LogP contribution in [0, 0.1) is 11.3 Å². The highest BCUT2D eigenvalue weighted by molar-refractivity contribution is 6.10. The first-order valence-electron chi connectivity index (χ1n) is 8.24. The van der Waals surface area contributed by atoms with Gasteiger partial charge in [-0.1, -0.05) is 13.0 Å². The summed E-state index contributed by atoms with van der Waals surface area (Å²) in [5, 5.41) is 11.3. The average Bonchev–Trinajstić information content (AvgIpc) is 3.03. The standard InChI is InChI=1S/C20H17N3O2/c1-3-8-23-17-7-5-13(25-2)10-15(17)19(24)18-14-6-4-12(11-21)9-16(14)22-20(18)23/h4-7,9-10,22H,3,8H2,1-2H3. The molecule has 2 aromatic carbocycles. The zero-order valence-electron chi connectivity index (χ0n) is 14.1. The van der Waals surface area contributed by atoms with E-state index in [0.717, 1.165) is 35.0 Å². The molecule has 0 saturated heterocycles. The zero-order valence-corrected chi connectivity index (χ0v) is 14.1. The van der Waals surface area contributed by atoms with E-state index >= 15 is 0 Å². The third kappa shape index (κ3) is 2.18. The summed E-state index contributed by atoms with van der Waals surface area (Å²) in [6, 6.07) is 13.1. The summed E-state index contributed by atoms with van der Waals surface area (Å²) in [6.45, 7) is 2.90. The Morgan fingerprint density at radius 2 is 2.04 bits per heavy atom. The molecule has 0 aliphatic carbocycles. The molecule has 0 aliphatic rings. The van der Waals surface area contributed by atoms with Crippen LogP contribution in [-0.4, -0.2) is 16.7 Å². The van der Waals surface area contributed by atoms with Crippen LogP contribution in [0.15, 0.2) is 41.2 Å². The van der Waals surface area contributed by atoms with Gasteiger partial charge in [0.05, 0.1) is 35.0 Å². The van der Waals surface area contributed by atoms with Gasteiger partial charge >= 0.3 is 0 Å². The Kier molecular flexibility index (Phi) is 3.47. The molecule has 0 unspecified atom stereocenters. The molecule has 25 heavy (non-hydrogen) atoms. The van der Waals surface area contributed by atoms with Gasteiger partial charge < -0.3 is 14.3 Å². The van der Waals surface area contributed by atoms with Gasteiger partial charge in [0, 0.05) is 17.4 Å². The monoisotopic (exact) mass is 331 g/mol. The molecule has 124 valence electrons. The Bertz CT molecular complexity index is 1230. The smallest absolute Gasteiger partial charge is 0.199 e. The van der Waals surface area contributed by atoms with E-state index in [-0.39, 0.29) is 5.43 Å². The maximum atomic E-state index is 13.2. The van der Waals surface area contributed by atoms with Crippen molar-refractivity contribution in [1.82, 2.24) is 9.55 Å². The van der Waals surface area contributed by atoms with Crippen molar-refractivity contribution in [2.45, 2.75) is 19.9 Å². The Labute approximate surface area is 144 Å². The van der Waals surface area contributed by atoms with Crippen molar-refractivity contribution in [3.8, 4) is 11.8 Å². The minimum absolute atomic E-state index is 0.0211. The number of methoxy groups -OCH3 is 1. The molecule has 0 aliphatic heterocycles. The molecular formula is C20H17N3O2. The van der Waals surface area contributed by atoms with Crippen molar-refractivity contribution in [2.24, 2.45) is 0 Å². The Balaban J connectivity index is 2.24. The Morgan fingerprint density at radius 1 is 1.20 bits per heavy atom. The van der Waals surface area contributed by atoms with Crippen LogP contribution < -0.4 is 10.2 Å². The minimum atomic E-state index is -0.0211. The number of benzene rings is 2. The molecule has 0 bridgehead atoms. The summed E-state index contributed by atoms with van der Waals surface area (Å²) in [5.41, 5.74) is 3.03. The number of hydrogen-bond donors (Lipinski definition) is 1.